The molecule has 3 aromatic rings. The molecule has 8 nitrogen and oxygen atoms in total. The van der Waals surface area contributed by atoms with E-state index in [0.29, 0.717) is 25.6 Å². The molecule has 2 aliphatic heterocycles. The van der Waals surface area contributed by atoms with Gasteiger partial charge in [-0.1, -0.05) is 18.2 Å². The fourth-order valence-electron chi connectivity index (χ4n) is 5.38. The van der Waals surface area contributed by atoms with Gasteiger partial charge in [-0.05, 0) is 89.1 Å². The summed E-state index contributed by atoms with van der Waals surface area (Å²) >= 11 is 0. The molecule has 2 aliphatic rings. The number of carbonyl (C=O) groups excluding carboxylic acids is 1. The summed E-state index contributed by atoms with van der Waals surface area (Å²) in [5.74, 6) is 3.05. The van der Waals surface area contributed by atoms with Gasteiger partial charge in [0.1, 0.15) is 22.9 Å². The number of rotatable bonds is 6. The monoisotopic (exact) mass is 515 g/mol. The summed E-state index contributed by atoms with van der Waals surface area (Å²) in [5, 5.41) is 8.71. The Hall–Kier alpha value is -3.81. The highest BCUT2D eigenvalue weighted by molar-refractivity contribution is 5.71. The van der Waals surface area contributed by atoms with E-state index in [1.165, 1.54) is 0 Å². The minimum absolute atomic E-state index is 0.220. The molecule has 0 bridgehead atoms. The summed E-state index contributed by atoms with van der Waals surface area (Å²) in [6, 6.07) is 18.1. The average Bonchev–Trinajstić information content (AvgIpc) is 3.28. The summed E-state index contributed by atoms with van der Waals surface area (Å²) in [4.78, 5) is 18.6. The lowest BCUT2D eigenvalue weighted by Gasteiger charge is -2.38. The number of carbonyl (C=O) groups is 1. The van der Waals surface area contributed by atoms with Crippen LogP contribution in [0.4, 0.5) is 10.6 Å². The molecular formula is C30H37N5O3. The van der Waals surface area contributed by atoms with Crippen molar-refractivity contribution in [2.75, 3.05) is 25.0 Å². The zero-order chi connectivity index (χ0) is 26.7. The third kappa shape index (κ3) is 5.69. The largest absolute Gasteiger partial charge is 0.457 e. The van der Waals surface area contributed by atoms with Crippen LogP contribution in [0.3, 0.4) is 0 Å². The van der Waals surface area contributed by atoms with Gasteiger partial charge in [0, 0.05) is 30.8 Å². The predicted octanol–water partition coefficient (Wildman–Crippen LogP) is 6.55. The Balaban J connectivity index is 1.34. The summed E-state index contributed by atoms with van der Waals surface area (Å²) in [6.45, 7) is 12.3. The Morgan fingerprint density at radius 2 is 1.74 bits per heavy atom. The summed E-state index contributed by atoms with van der Waals surface area (Å²) in [6.07, 6.45) is 2.64. The Bertz CT molecular complexity index is 1260. The lowest BCUT2D eigenvalue weighted by atomic mass is 9.87. The summed E-state index contributed by atoms with van der Waals surface area (Å²) < 4.78 is 13.7. The zero-order valence-corrected chi connectivity index (χ0v) is 22.5. The van der Waals surface area contributed by atoms with E-state index in [1.807, 2.05) is 80.3 Å². The van der Waals surface area contributed by atoms with Crippen molar-refractivity contribution in [3.05, 3.63) is 60.2 Å². The maximum atomic E-state index is 12.5. The van der Waals surface area contributed by atoms with E-state index in [9.17, 15) is 4.79 Å². The molecule has 1 unspecified atom stereocenters. The Kier molecular flexibility index (Phi) is 7.40. The minimum Gasteiger partial charge on any atom is -0.457 e. The number of hydrogen-bond acceptors (Lipinski definition) is 6. The van der Waals surface area contributed by atoms with Crippen LogP contribution < -0.4 is 10.1 Å². The highest BCUT2D eigenvalue weighted by atomic mass is 16.6. The van der Waals surface area contributed by atoms with Crippen molar-refractivity contribution in [2.45, 2.75) is 58.2 Å². The smallest absolute Gasteiger partial charge is 0.410 e. The maximum Gasteiger partial charge on any atom is 0.410 e. The molecule has 1 fully saturated rings. The van der Waals surface area contributed by atoms with Crippen LogP contribution in [0.15, 0.2) is 59.6 Å². The number of hydrogen-bond donors (Lipinski definition) is 1. The number of nitrogens with one attached hydrogen (secondary N) is 1. The molecule has 5 rings (SSSR count). The molecule has 0 aliphatic carbocycles. The first kappa shape index (κ1) is 25.8. The number of likely N-dealkylation sites (tertiary alicyclic amines) is 1. The second-order valence-corrected chi connectivity index (χ2v) is 11.0. The molecule has 200 valence electrons. The Labute approximate surface area is 224 Å². The molecule has 2 aromatic carbocycles. The standard InChI is InChI=1S/C30H37N5O3/c1-30(2,3)38-29(36)34-18-15-21(16-19-34)26-14-17-32-28-25(20-31-4)27(33-35(26)28)22-10-12-24(13-11-22)37-23-8-6-5-7-9-23/h5-13,21,26,32H,4,14-20H2,1-3H3. The lowest BCUT2D eigenvalue weighted by molar-refractivity contribution is 0.0157. The van der Waals surface area contributed by atoms with E-state index in [4.69, 9.17) is 14.6 Å². The van der Waals surface area contributed by atoms with Gasteiger partial charge in [0.15, 0.2) is 0 Å². The number of amides is 1. The fraction of sp³-hybridized carbons (Fsp3) is 0.433. The van der Waals surface area contributed by atoms with Gasteiger partial charge in [-0.3, -0.25) is 4.99 Å². The second kappa shape index (κ2) is 10.9. The van der Waals surface area contributed by atoms with E-state index in [1.54, 1.807) is 0 Å². The topological polar surface area (TPSA) is 81.0 Å². The molecule has 38 heavy (non-hydrogen) atoms. The number of nitrogens with zero attached hydrogens (tertiary/aromatic N) is 4. The van der Waals surface area contributed by atoms with Gasteiger partial charge in [-0.2, -0.15) is 5.10 Å². The number of benzene rings is 2. The number of piperidine rings is 1. The lowest BCUT2D eigenvalue weighted by Crippen LogP contribution is -2.43. The molecule has 1 N–H and O–H groups in total. The van der Waals surface area contributed by atoms with E-state index in [2.05, 4.69) is 21.7 Å². The minimum atomic E-state index is -0.481. The fourth-order valence-corrected chi connectivity index (χ4v) is 5.38. The van der Waals surface area contributed by atoms with Gasteiger partial charge in [-0.15, -0.1) is 0 Å². The first-order valence-electron chi connectivity index (χ1n) is 13.4. The van der Waals surface area contributed by atoms with Crippen LogP contribution in [-0.4, -0.2) is 52.7 Å². The molecule has 8 heteroatoms. The number of para-hydroxylation sites is 1. The van der Waals surface area contributed by atoms with Crippen LogP contribution in [0.25, 0.3) is 11.3 Å². The number of anilines is 1. The van der Waals surface area contributed by atoms with Gasteiger partial charge in [0.05, 0.1) is 18.3 Å². The third-order valence-electron chi connectivity index (χ3n) is 7.17. The van der Waals surface area contributed by atoms with Crippen LogP contribution in [0.5, 0.6) is 11.5 Å². The molecule has 3 heterocycles. The highest BCUT2D eigenvalue weighted by Crippen LogP contribution is 2.40. The number of aliphatic imine (C=N–C) groups is 1. The van der Waals surface area contributed by atoms with E-state index in [-0.39, 0.29) is 12.1 Å². The number of aromatic nitrogens is 2. The van der Waals surface area contributed by atoms with E-state index < -0.39 is 5.60 Å². The number of fused-ring (bicyclic) bond motifs is 1. The van der Waals surface area contributed by atoms with Gasteiger partial charge in [-0.25, -0.2) is 9.48 Å². The van der Waals surface area contributed by atoms with Gasteiger partial charge >= 0.3 is 6.09 Å². The Morgan fingerprint density at radius 1 is 1.05 bits per heavy atom. The van der Waals surface area contributed by atoms with Crippen molar-refractivity contribution in [1.82, 2.24) is 14.7 Å². The molecular weight excluding hydrogens is 478 g/mol. The molecule has 1 amide bonds. The van der Waals surface area contributed by atoms with Crippen molar-refractivity contribution >= 4 is 18.6 Å². The molecule has 0 radical (unpaired) electrons. The Morgan fingerprint density at radius 3 is 2.39 bits per heavy atom. The van der Waals surface area contributed by atoms with Crippen molar-refractivity contribution < 1.29 is 14.3 Å². The highest BCUT2D eigenvalue weighted by Gasteiger charge is 2.35. The van der Waals surface area contributed by atoms with Crippen LogP contribution in [0.1, 0.15) is 51.6 Å². The first-order chi connectivity index (χ1) is 18.3. The molecule has 1 saturated heterocycles. The van der Waals surface area contributed by atoms with Gasteiger partial charge in [0.2, 0.25) is 0 Å². The van der Waals surface area contributed by atoms with E-state index >= 15 is 0 Å². The quantitative estimate of drug-likeness (QED) is 0.377. The second-order valence-electron chi connectivity index (χ2n) is 11.0. The van der Waals surface area contributed by atoms with Crippen LogP contribution in [0.2, 0.25) is 0 Å². The zero-order valence-electron chi connectivity index (χ0n) is 22.5. The average molecular weight is 516 g/mol. The normalized spacial score (nSPS) is 17.9. The van der Waals surface area contributed by atoms with Crippen molar-refractivity contribution in [2.24, 2.45) is 10.9 Å². The SMILES string of the molecule is C=NCc1c(-c2ccc(Oc3ccccc3)cc2)nn2c1NCCC2C1CCN(C(=O)OC(C)(C)C)CC1. The van der Waals surface area contributed by atoms with Crippen molar-refractivity contribution in [3.8, 4) is 22.8 Å². The molecule has 0 saturated carbocycles. The summed E-state index contributed by atoms with van der Waals surface area (Å²) in [5.41, 5.74) is 2.52. The van der Waals surface area contributed by atoms with Crippen LogP contribution >= 0.6 is 0 Å². The van der Waals surface area contributed by atoms with Gasteiger partial charge < -0.3 is 19.7 Å². The number of ether oxygens (including phenoxy) is 2. The first-order valence-corrected chi connectivity index (χ1v) is 13.4. The third-order valence-corrected chi connectivity index (χ3v) is 7.17. The molecule has 1 aromatic heterocycles. The van der Waals surface area contributed by atoms with Crippen molar-refractivity contribution in [3.63, 3.8) is 0 Å². The van der Waals surface area contributed by atoms with Crippen LogP contribution in [-0.2, 0) is 11.3 Å². The molecule has 1 atom stereocenters. The van der Waals surface area contributed by atoms with Crippen molar-refractivity contribution in [1.29, 1.82) is 0 Å². The van der Waals surface area contributed by atoms with Crippen LogP contribution in [0, 0.1) is 5.92 Å². The summed E-state index contributed by atoms with van der Waals surface area (Å²) in [7, 11) is 0. The van der Waals surface area contributed by atoms with E-state index in [0.717, 1.165) is 59.9 Å². The maximum absolute atomic E-state index is 12.5. The molecule has 0 spiro atoms. The predicted molar refractivity (Wildman–Crippen MR) is 150 cm³/mol. The van der Waals surface area contributed by atoms with Gasteiger partial charge in [0.25, 0.3) is 0 Å².